The summed E-state index contributed by atoms with van der Waals surface area (Å²) < 4.78 is 5.45. The average Bonchev–Trinajstić information content (AvgIpc) is 2.28. The molecule has 0 aliphatic carbocycles. The van der Waals surface area contributed by atoms with Crippen molar-refractivity contribution in [3.8, 4) is 11.8 Å². The maximum atomic E-state index is 11.6. The molecule has 1 atom stereocenters. The average molecular weight is 218 g/mol. The fraction of sp³-hybridized carbons (Fsp3) is 0.333. The van der Waals surface area contributed by atoms with E-state index >= 15 is 0 Å². The third-order valence-electron chi connectivity index (χ3n) is 2.10. The van der Waals surface area contributed by atoms with E-state index in [1.165, 1.54) is 4.90 Å². The number of rotatable bonds is 3. The van der Waals surface area contributed by atoms with Gasteiger partial charge in [0.25, 0.3) is 5.91 Å². The fourth-order valence-electron chi connectivity index (χ4n) is 1.27. The molecule has 4 nitrogen and oxygen atoms in total. The molecule has 1 rings (SSSR count). The van der Waals surface area contributed by atoms with Gasteiger partial charge in [0.15, 0.2) is 6.10 Å². The first-order valence-electron chi connectivity index (χ1n) is 4.93. The molecule has 0 saturated heterocycles. The lowest BCUT2D eigenvalue weighted by molar-refractivity contribution is -0.135. The van der Waals surface area contributed by atoms with Crippen LogP contribution in [-0.2, 0) is 4.79 Å². The molecule has 0 unspecified atom stereocenters. The predicted molar refractivity (Wildman–Crippen MR) is 59.9 cm³/mol. The number of hydrogen-bond acceptors (Lipinski definition) is 3. The van der Waals surface area contributed by atoms with Crippen LogP contribution >= 0.6 is 0 Å². The molecule has 4 heteroatoms. The first-order chi connectivity index (χ1) is 7.56. The maximum absolute atomic E-state index is 11.6. The Balaban J connectivity index is 2.81. The SMILES string of the molecule is C[C@@H](Oc1ccccc1C#N)C(=O)N(C)C. The summed E-state index contributed by atoms with van der Waals surface area (Å²) in [6.45, 7) is 1.66. The number of nitrogens with zero attached hydrogens (tertiary/aromatic N) is 2. The van der Waals surface area contributed by atoms with Crippen LogP contribution in [0.15, 0.2) is 24.3 Å². The van der Waals surface area contributed by atoms with E-state index in [1.807, 2.05) is 6.07 Å². The normalized spacial score (nSPS) is 11.4. The van der Waals surface area contributed by atoms with Gasteiger partial charge in [-0.2, -0.15) is 5.26 Å². The summed E-state index contributed by atoms with van der Waals surface area (Å²) in [6, 6.07) is 8.87. The van der Waals surface area contributed by atoms with E-state index in [2.05, 4.69) is 0 Å². The Hall–Kier alpha value is -2.02. The van der Waals surface area contributed by atoms with Gasteiger partial charge in [0.2, 0.25) is 0 Å². The largest absolute Gasteiger partial charge is 0.480 e. The van der Waals surface area contributed by atoms with Gasteiger partial charge in [-0.3, -0.25) is 4.79 Å². The standard InChI is InChI=1S/C12H14N2O2/c1-9(12(15)14(2)3)16-11-7-5-4-6-10(11)8-13/h4-7,9H,1-3H3/t9-/m1/s1. The smallest absolute Gasteiger partial charge is 0.262 e. The van der Waals surface area contributed by atoms with Crippen LogP contribution in [0, 0.1) is 11.3 Å². The van der Waals surface area contributed by atoms with E-state index in [0.717, 1.165) is 0 Å². The number of nitriles is 1. The molecule has 0 spiro atoms. The van der Waals surface area contributed by atoms with Crippen molar-refractivity contribution in [2.24, 2.45) is 0 Å². The van der Waals surface area contributed by atoms with Crippen molar-refractivity contribution < 1.29 is 9.53 Å². The zero-order valence-corrected chi connectivity index (χ0v) is 9.60. The zero-order chi connectivity index (χ0) is 12.1. The van der Waals surface area contributed by atoms with Crippen molar-refractivity contribution in [2.75, 3.05) is 14.1 Å². The number of para-hydroxylation sites is 1. The molecular weight excluding hydrogens is 204 g/mol. The Morgan fingerprint density at radius 1 is 1.44 bits per heavy atom. The summed E-state index contributed by atoms with van der Waals surface area (Å²) in [5, 5.41) is 8.85. The number of likely N-dealkylation sites (N-methyl/N-ethyl adjacent to an activating group) is 1. The molecule has 0 N–H and O–H groups in total. The fourth-order valence-corrected chi connectivity index (χ4v) is 1.27. The van der Waals surface area contributed by atoms with Crippen molar-refractivity contribution in [1.29, 1.82) is 5.26 Å². The Morgan fingerprint density at radius 3 is 2.62 bits per heavy atom. The highest BCUT2D eigenvalue weighted by atomic mass is 16.5. The molecule has 1 amide bonds. The van der Waals surface area contributed by atoms with Crippen LogP contribution in [0.25, 0.3) is 0 Å². The number of carbonyl (C=O) groups excluding carboxylic acids is 1. The van der Waals surface area contributed by atoms with Crippen molar-refractivity contribution in [2.45, 2.75) is 13.0 Å². The molecule has 0 aliphatic rings. The van der Waals surface area contributed by atoms with Gasteiger partial charge >= 0.3 is 0 Å². The Kier molecular flexibility index (Phi) is 3.90. The third-order valence-corrected chi connectivity index (χ3v) is 2.10. The lowest BCUT2D eigenvalue weighted by Crippen LogP contribution is -2.35. The van der Waals surface area contributed by atoms with E-state index in [1.54, 1.807) is 45.3 Å². The molecule has 0 saturated carbocycles. The van der Waals surface area contributed by atoms with Gasteiger partial charge in [-0.15, -0.1) is 0 Å². The molecule has 0 heterocycles. The Labute approximate surface area is 95.0 Å². The van der Waals surface area contributed by atoms with Crippen LogP contribution in [0.1, 0.15) is 12.5 Å². The van der Waals surface area contributed by atoms with Crippen LogP contribution in [0.5, 0.6) is 5.75 Å². The summed E-state index contributed by atoms with van der Waals surface area (Å²) in [6.07, 6.45) is -0.593. The second-order valence-electron chi connectivity index (χ2n) is 3.60. The van der Waals surface area contributed by atoms with Crippen molar-refractivity contribution in [3.63, 3.8) is 0 Å². The van der Waals surface area contributed by atoms with E-state index in [9.17, 15) is 4.79 Å². The van der Waals surface area contributed by atoms with E-state index < -0.39 is 6.10 Å². The minimum atomic E-state index is -0.593. The molecule has 84 valence electrons. The number of amides is 1. The van der Waals surface area contributed by atoms with Crippen molar-refractivity contribution in [1.82, 2.24) is 4.90 Å². The van der Waals surface area contributed by atoms with Gasteiger partial charge in [0.05, 0.1) is 5.56 Å². The Morgan fingerprint density at radius 2 is 2.06 bits per heavy atom. The molecular formula is C12H14N2O2. The van der Waals surface area contributed by atoms with E-state index in [-0.39, 0.29) is 5.91 Å². The minimum absolute atomic E-state index is 0.132. The zero-order valence-electron chi connectivity index (χ0n) is 9.60. The van der Waals surface area contributed by atoms with Crippen molar-refractivity contribution in [3.05, 3.63) is 29.8 Å². The maximum Gasteiger partial charge on any atom is 0.262 e. The Bertz CT molecular complexity index is 421. The number of hydrogen-bond donors (Lipinski definition) is 0. The highest BCUT2D eigenvalue weighted by molar-refractivity contribution is 5.80. The first-order valence-corrected chi connectivity index (χ1v) is 4.93. The van der Waals surface area contributed by atoms with E-state index in [4.69, 9.17) is 10.00 Å². The summed E-state index contributed by atoms with van der Waals surface area (Å²) in [5.74, 6) is 0.306. The highest BCUT2D eigenvalue weighted by Crippen LogP contribution is 2.18. The monoisotopic (exact) mass is 218 g/mol. The lowest BCUT2D eigenvalue weighted by atomic mass is 10.2. The minimum Gasteiger partial charge on any atom is -0.480 e. The lowest BCUT2D eigenvalue weighted by Gasteiger charge is -2.18. The number of carbonyl (C=O) groups is 1. The van der Waals surface area contributed by atoms with Gasteiger partial charge in [0.1, 0.15) is 11.8 Å². The molecule has 1 aromatic rings. The van der Waals surface area contributed by atoms with Crippen LogP contribution < -0.4 is 4.74 Å². The second kappa shape index (κ2) is 5.17. The second-order valence-corrected chi connectivity index (χ2v) is 3.60. The molecule has 0 bridgehead atoms. The van der Waals surface area contributed by atoms with Crippen molar-refractivity contribution >= 4 is 5.91 Å². The summed E-state index contributed by atoms with van der Waals surface area (Å²) in [7, 11) is 3.33. The van der Waals surface area contributed by atoms with E-state index in [0.29, 0.717) is 11.3 Å². The molecule has 1 aromatic carbocycles. The number of ether oxygens (including phenoxy) is 1. The van der Waals surface area contributed by atoms with Gasteiger partial charge in [-0.05, 0) is 19.1 Å². The molecule has 0 fully saturated rings. The van der Waals surface area contributed by atoms with Crippen LogP contribution in [0.4, 0.5) is 0 Å². The van der Waals surface area contributed by atoms with Gasteiger partial charge in [-0.25, -0.2) is 0 Å². The summed E-state index contributed by atoms with van der Waals surface area (Å²) in [5.41, 5.74) is 0.431. The summed E-state index contributed by atoms with van der Waals surface area (Å²) >= 11 is 0. The number of benzene rings is 1. The topological polar surface area (TPSA) is 53.3 Å². The summed E-state index contributed by atoms with van der Waals surface area (Å²) in [4.78, 5) is 13.0. The first kappa shape index (κ1) is 12.1. The van der Waals surface area contributed by atoms with Gasteiger partial charge in [0, 0.05) is 14.1 Å². The van der Waals surface area contributed by atoms with Gasteiger partial charge < -0.3 is 9.64 Å². The van der Waals surface area contributed by atoms with Crippen LogP contribution in [0.2, 0.25) is 0 Å². The van der Waals surface area contributed by atoms with Gasteiger partial charge in [-0.1, -0.05) is 12.1 Å². The molecule has 16 heavy (non-hydrogen) atoms. The van der Waals surface area contributed by atoms with Crippen LogP contribution in [-0.4, -0.2) is 31.0 Å². The highest BCUT2D eigenvalue weighted by Gasteiger charge is 2.17. The molecule has 0 radical (unpaired) electrons. The van der Waals surface area contributed by atoms with Crippen LogP contribution in [0.3, 0.4) is 0 Å². The third kappa shape index (κ3) is 2.74. The molecule has 0 aliphatic heterocycles. The predicted octanol–water partition coefficient (Wildman–Crippen LogP) is 1.41. The quantitative estimate of drug-likeness (QED) is 0.770. The molecule has 0 aromatic heterocycles.